The number of benzene rings is 2. The van der Waals surface area contributed by atoms with Gasteiger partial charge in [-0.1, -0.05) is 58.4 Å². The summed E-state index contributed by atoms with van der Waals surface area (Å²) < 4.78 is 38.2. The Bertz CT molecular complexity index is 1010. The summed E-state index contributed by atoms with van der Waals surface area (Å²) in [7, 11) is 0. The van der Waals surface area contributed by atoms with E-state index in [1.54, 1.807) is 36.4 Å². The van der Waals surface area contributed by atoms with Crippen LogP contribution in [0.15, 0.2) is 79.5 Å². The first-order chi connectivity index (χ1) is 15.2. The van der Waals surface area contributed by atoms with E-state index in [0.29, 0.717) is 23.4 Å². The van der Waals surface area contributed by atoms with Crippen molar-refractivity contribution in [2.75, 3.05) is 13.1 Å². The quantitative estimate of drug-likeness (QED) is 0.164. The maximum atomic E-state index is 12.4. The molecule has 0 atom stereocenters. The Morgan fingerprint density at radius 2 is 1.30 bits per heavy atom. The van der Waals surface area contributed by atoms with Gasteiger partial charge in [0.05, 0.1) is 0 Å². The molecule has 179 valence electrons. The Kier molecular flexibility index (Phi) is 12.5. The topological polar surface area (TPSA) is 73.5 Å². The van der Waals surface area contributed by atoms with E-state index in [2.05, 4.69) is 41.7 Å². The molecule has 0 aliphatic carbocycles. The van der Waals surface area contributed by atoms with E-state index in [4.69, 9.17) is 25.3 Å². The average Bonchev–Trinajstić information content (AvgIpc) is 2.75. The molecule has 0 saturated heterocycles. The van der Waals surface area contributed by atoms with Crippen molar-refractivity contribution >= 4 is 62.9 Å². The fourth-order valence-electron chi connectivity index (χ4n) is 2.28. The zero-order valence-electron chi connectivity index (χ0n) is 17.0. The molecule has 0 aliphatic rings. The van der Waals surface area contributed by atoms with Gasteiger partial charge in [-0.15, -0.1) is 10.2 Å². The van der Waals surface area contributed by atoms with Crippen LogP contribution in [0.2, 0.25) is 0 Å². The second kappa shape index (κ2) is 14.3. The molecule has 33 heavy (non-hydrogen) atoms. The van der Waals surface area contributed by atoms with Crippen LogP contribution in [0.3, 0.4) is 0 Å². The van der Waals surface area contributed by atoms with Gasteiger partial charge in [0, 0.05) is 22.1 Å². The van der Waals surface area contributed by atoms with E-state index in [1.807, 2.05) is 30.4 Å². The van der Waals surface area contributed by atoms with Crippen molar-refractivity contribution in [3.8, 4) is 0 Å². The summed E-state index contributed by atoms with van der Waals surface area (Å²) in [5.74, 6) is 0. The minimum atomic E-state index is -4.43. The molecule has 0 bridgehead atoms. The van der Waals surface area contributed by atoms with Crippen LogP contribution >= 0.6 is 15.9 Å². The van der Waals surface area contributed by atoms with Gasteiger partial charge in [-0.25, -0.2) is 0 Å². The number of halogens is 4. The van der Waals surface area contributed by atoms with Crippen molar-refractivity contribution in [3.05, 3.63) is 70.2 Å². The summed E-state index contributed by atoms with van der Waals surface area (Å²) in [4.78, 5) is 0. The molecule has 2 aromatic rings. The number of nitrogens with one attached hydrogen (secondary N) is 2. The molecule has 1 radical (unpaired) electrons. The Labute approximate surface area is 219 Å². The third kappa shape index (κ3) is 10.6. The summed E-state index contributed by atoms with van der Waals surface area (Å²) in [6.45, 7) is 1.12. The van der Waals surface area contributed by atoms with Gasteiger partial charge in [0.15, 0.2) is 0 Å². The number of alkyl halides is 3. The van der Waals surface area contributed by atoms with Crippen LogP contribution in [0.1, 0.15) is 18.1 Å². The number of rotatable bonds is 7. The molecule has 13 heteroatoms. The van der Waals surface area contributed by atoms with Crippen molar-refractivity contribution in [2.45, 2.75) is 13.1 Å². The molecule has 0 saturated carbocycles. The van der Waals surface area contributed by atoms with Crippen LogP contribution in [0.5, 0.6) is 0 Å². The van der Waals surface area contributed by atoms with Gasteiger partial charge in [-0.3, -0.25) is 0 Å². The molecule has 6 nitrogen and oxygen atoms in total. The Balaban J connectivity index is 0.00000544. The van der Waals surface area contributed by atoms with Gasteiger partial charge in [0.2, 0.25) is 0 Å². The predicted octanol–water partition coefficient (Wildman–Crippen LogP) is 4.12. The van der Waals surface area contributed by atoms with Crippen molar-refractivity contribution in [2.24, 2.45) is 20.4 Å². The first kappa shape index (κ1) is 29.0. The molecular weight excluding hydrogens is 589 g/mol. The van der Waals surface area contributed by atoms with Gasteiger partial charge < -0.3 is 35.9 Å². The molecule has 2 aromatic carbocycles. The SMILES string of the molecule is CCNC([S-])=NN=C(C(=NN=C([S-])NCC(F)(F)F)c1ccccc1)c1ccc(Br)cc1.[Cu+2]. The summed E-state index contributed by atoms with van der Waals surface area (Å²) >= 11 is 13.4. The van der Waals surface area contributed by atoms with Crippen molar-refractivity contribution in [3.63, 3.8) is 0 Å². The predicted molar refractivity (Wildman–Crippen MR) is 131 cm³/mol. The summed E-state index contributed by atoms with van der Waals surface area (Å²) in [6, 6.07) is 16.1. The van der Waals surface area contributed by atoms with Crippen molar-refractivity contribution in [1.82, 2.24) is 10.6 Å². The van der Waals surface area contributed by atoms with Crippen LogP contribution < -0.4 is 10.6 Å². The van der Waals surface area contributed by atoms with E-state index in [1.165, 1.54) is 0 Å². The average molecular weight is 607 g/mol. The fraction of sp³-hybridized carbons (Fsp3) is 0.200. The number of hydrogen-bond donors (Lipinski definition) is 2. The van der Waals surface area contributed by atoms with Gasteiger partial charge in [-0.05, 0) is 29.4 Å². The van der Waals surface area contributed by atoms with E-state index < -0.39 is 17.9 Å². The van der Waals surface area contributed by atoms with E-state index >= 15 is 0 Å². The first-order valence-corrected chi connectivity index (χ1v) is 10.8. The van der Waals surface area contributed by atoms with Crippen LogP contribution in [0.25, 0.3) is 0 Å². The van der Waals surface area contributed by atoms with Gasteiger partial charge in [0.1, 0.15) is 18.0 Å². The van der Waals surface area contributed by atoms with Gasteiger partial charge in [-0.2, -0.15) is 23.4 Å². The van der Waals surface area contributed by atoms with E-state index in [-0.39, 0.29) is 27.9 Å². The molecule has 0 amide bonds. The maximum absolute atomic E-state index is 12.4. The minimum absolute atomic E-state index is 0. The standard InChI is InChI=1S/C20H20BrF3N6S2.Cu/c1-2-25-18(31)29-28-17(14-8-10-15(21)11-9-14)16(13-6-4-3-5-7-13)27-30-19(32)26-12-20(22,23)24;/h3-11H,2,12H2,1H3,(H2,25,29,31)(H2,26,30,32);/q;+2/p-2. The fourth-order valence-corrected chi connectivity index (χ4v) is 2.84. The van der Waals surface area contributed by atoms with Crippen LogP contribution in [-0.2, 0) is 42.3 Å². The zero-order chi connectivity index (χ0) is 23.6. The molecule has 2 N–H and O–H groups in total. The monoisotopic (exact) mass is 605 g/mol. The smallest absolute Gasteiger partial charge is 0.741 e. The largest absolute Gasteiger partial charge is 2.00 e. The number of nitrogens with zero attached hydrogens (tertiary/aromatic N) is 4. The van der Waals surface area contributed by atoms with Crippen LogP contribution in [-0.4, -0.2) is 41.0 Å². The molecule has 0 spiro atoms. The molecular formula is C20H18BrCuF3N6S2. The van der Waals surface area contributed by atoms with Gasteiger partial charge >= 0.3 is 23.2 Å². The number of hydrogen-bond acceptors (Lipinski definition) is 6. The van der Waals surface area contributed by atoms with E-state index in [0.717, 1.165) is 4.47 Å². The Morgan fingerprint density at radius 3 is 1.79 bits per heavy atom. The molecule has 2 rings (SSSR count). The second-order valence-electron chi connectivity index (χ2n) is 6.08. The second-order valence-corrected chi connectivity index (χ2v) is 7.77. The maximum Gasteiger partial charge on any atom is 2.00 e. The van der Waals surface area contributed by atoms with Crippen LogP contribution in [0.4, 0.5) is 13.2 Å². The molecule has 0 fully saturated rings. The third-order valence-electron chi connectivity index (χ3n) is 3.64. The summed E-state index contributed by atoms with van der Waals surface area (Å²) in [5.41, 5.74) is 1.82. The third-order valence-corrected chi connectivity index (χ3v) is 4.62. The summed E-state index contributed by atoms with van der Waals surface area (Å²) in [5, 5.41) is 20.8. The van der Waals surface area contributed by atoms with Crippen molar-refractivity contribution in [1.29, 1.82) is 0 Å². The van der Waals surface area contributed by atoms with Crippen LogP contribution in [0, 0.1) is 0 Å². The Hall–Kier alpha value is -2.05. The van der Waals surface area contributed by atoms with Crippen molar-refractivity contribution < 1.29 is 30.2 Å². The molecule has 0 aliphatic heterocycles. The normalized spacial score (nSPS) is 13.4. The van der Waals surface area contributed by atoms with E-state index in [9.17, 15) is 13.2 Å². The first-order valence-electron chi connectivity index (χ1n) is 9.21. The van der Waals surface area contributed by atoms with Gasteiger partial charge in [0.25, 0.3) is 0 Å². The summed E-state index contributed by atoms with van der Waals surface area (Å²) in [6.07, 6.45) is -4.43. The zero-order valence-corrected chi connectivity index (χ0v) is 21.2. The Morgan fingerprint density at radius 1 is 0.818 bits per heavy atom. The molecule has 0 unspecified atom stereocenters. The molecule has 0 heterocycles. The molecule has 0 aromatic heterocycles. The minimum Gasteiger partial charge on any atom is -0.741 e. The number of amidine groups is 2.